The molecule has 1 amide bonds. The van der Waals surface area contributed by atoms with Crippen LogP contribution in [-0.2, 0) is 22.5 Å². The summed E-state index contributed by atoms with van der Waals surface area (Å²) < 4.78 is 5.50. The fraction of sp³-hybridized carbons (Fsp3) is 0.545. The fourth-order valence-corrected chi connectivity index (χ4v) is 5.64. The molecule has 0 spiro atoms. The number of fused-ring (bicyclic) bond motifs is 2. The van der Waals surface area contributed by atoms with Gasteiger partial charge < -0.3 is 14.6 Å². The zero-order valence-corrected chi connectivity index (χ0v) is 16.2. The predicted octanol–water partition coefficient (Wildman–Crippen LogP) is 2.23. The molecule has 3 aliphatic heterocycles. The minimum Gasteiger partial charge on any atom is -0.378 e. The van der Waals surface area contributed by atoms with Gasteiger partial charge in [-0.1, -0.05) is 30.3 Å². The SMILES string of the molecule is O=C(N1CCOCC1)[C@]1(Cc2ccccc2)C[C@@H]2CC[C@H]1N2Cc1ncc[nH]1. The number of nitrogens with one attached hydrogen (secondary N) is 1. The molecule has 0 aliphatic carbocycles. The van der Waals surface area contributed by atoms with Gasteiger partial charge in [0, 0.05) is 37.6 Å². The largest absolute Gasteiger partial charge is 0.378 e. The van der Waals surface area contributed by atoms with Crippen LogP contribution in [0, 0.1) is 5.41 Å². The number of hydrogen-bond acceptors (Lipinski definition) is 4. The molecule has 2 bridgehead atoms. The Labute approximate surface area is 165 Å². The molecule has 5 rings (SSSR count). The third-order valence-electron chi connectivity index (χ3n) is 6.85. The Morgan fingerprint density at radius 3 is 2.79 bits per heavy atom. The van der Waals surface area contributed by atoms with Gasteiger partial charge in [0.25, 0.3) is 0 Å². The fourth-order valence-electron chi connectivity index (χ4n) is 5.64. The van der Waals surface area contributed by atoms with E-state index >= 15 is 0 Å². The summed E-state index contributed by atoms with van der Waals surface area (Å²) in [6.07, 6.45) is 7.72. The highest BCUT2D eigenvalue weighted by atomic mass is 16.5. The van der Waals surface area contributed by atoms with Crippen LogP contribution in [0.5, 0.6) is 0 Å². The molecule has 6 heteroatoms. The van der Waals surface area contributed by atoms with E-state index in [0.717, 1.165) is 31.6 Å². The Balaban J connectivity index is 1.47. The van der Waals surface area contributed by atoms with Crippen molar-refractivity contribution in [2.45, 2.75) is 44.3 Å². The molecule has 2 aromatic rings. The third kappa shape index (κ3) is 3.05. The van der Waals surface area contributed by atoms with Gasteiger partial charge in [-0.15, -0.1) is 0 Å². The van der Waals surface area contributed by atoms with E-state index < -0.39 is 0 Å². The Kier molecular flexibility index (Phi) is 4.69. The Bertz CT molecular complexity index is 803. The van der Waals surface area contributed by atoms with Crippen molar-refractivity contribution in [1.82, 2.24) is 19.8 Å². The highest BCUT2D eigenvalue weighted by molar-refractivity contribution is 5.85. The number of morpholine rings is 1. The molecular formula is C22H28N4O2. The minimum atomic E-state index is -0.339. The second kappa shape index (κ2) is 7.33. The van der Waals surface area contributed by atoms with E-state index in [9.17, 15) is 4.79 Å². The van der Waals surface area contributed by atoms with E-state index in [1.54, 1.807) is 0 Å². The lowest BCUT2D eigenvalue weighted by molar-refractivity contribution is -0.148. The smallest absolute Gasteiger partial charge is 0.230 e. The molecule has 1 aromatic heterocycles. The molecule has 0 saturated carbocycles. The number of benzene rings is 1. The summed E-state index contributed by atoms with van der Waals surface area (Å²) in [4.78, 5) is 26.2. The maximum Gasteiger partial charge on any atom is 0.230 e. The number of carbonyl (C=O) groups is 1. The first-order chi connectivity index (χ1) is 13.8. The van der Waals surface area contributed by atoms with Crippen molar-refractivity contribution in [3.8, 4) is 0 Å². The Morgan fingerprint density at radius 2 is 2.04 bits per heavy atom. The summed E-state index contributed by atoms with van der Waals surface area (Å²) in [6.45, 7) is 3.53. The topological polar surface area (TPSA) is 61.5 Å². The summed E-state index contributed by atoms with van der Waals surface area (Å²) in [6, 6.07) is 11.3. The number of imidazole rings is 1. The van der Waals surface area contributed by atoms with Crippen LogP contribution in [0.15, 0.2) is 42.7 Å². The van der Waals surface area contributed by atoms with Crippen molar-refractivity contribution in [3.05, 3.63) is 54.1 Å². The second-order valence-electron chi connectivity index (χ2n) is 8.38. The monoisotopic (exact) mass is 380 g/mol. The molecule has 0 radical (unpaired) electrons. The highest BCUT2D eigenvalue weighted by Gasteiger charge is 2.60. The summed E-state index contributed by atoms with van der Waals surface area (Å²) >= 11 is 0. The van der Waals surface area contributed by atoms with Gasteiger partial charge in [0.2, 0.25) is 5.91 Å². The number of carbonyl (C=O) groups excluding carboxylic acids is 1. The maximum atomic E-state index is 13.9. The van der Waals surface area contributed by atoms with Gasteiger partial charge in [-0.25, -0.2) is 4.98 Å². The molecule has 1 aromatic carbocycles. The number of H-pyrrole nitrogens is 1. The molecule has 3 fully saturated rings. The Hall–Kier alpha value is -2.18. The summed E-state index contributed by atoms with van der Waals surface area (Å²) in [5.74, 6) is 1.32. The number of aromatic amines is 1. The summed E-state index contributed by atoms with van der Waals surface area (Å²) in [7, 11) is 0. The van der Waals surface area contributed by atoms with Crippen molar-refractivity contribution in [1.29, 1.82) is 0 Å². The van der Waals surface area contributed by atoms with Crippen LogP contribution in [0.25, 0.3) is 0 Å². The number of aromatic nitrogens is 2. The van der Waals surface area contributed by atoms with Gasteiger partial charge in [0.1, 0.15) is 5.82 Å². The number of amides is 1. The van der Waals surface area contributed by atoms with Gasteiger partial charge in [-0.05, 0) is 31.2 Å². The third-order valence-corrected chi connectivity index (χ3v) is 6.85. The van der Waals surface area contributed by atoms with Gasteiger partial charge in [0.15, 0.2) is 0 Å². The van der Waals surface area contributed by atoms with Crippen LogP contribution in [0.2, 0.25) is 0 Å². The summed E-state index contributed by atoms with van der Waals surface area (Å²) in [5, 5.41) is 0. The molecule has 1 N–H and O–H groups in total. The van der Waals surface area contributed by atoms with Gasteiger partial charge in [-0.3, -0.25) is 9.69 Å². The second-order valence-corrected chi connectivity index (χ2v) is 8.38. The molecule has 148 valence electrons. The van der Waals surface area contributed by atoms with Crippen molar-refractivity contribution in [3.63, 3.8) is 0 Å². The molecule has 4 heterocycles. The molecular weight excluding hydrogens is 352 g/mol. The van der Waals surface area contributed by atoms with Crippen LogP contribution in [0.1, 0.15) is 30.7 Å². The molecule has 0 unspecified atom stereocenters. The van der Waals surface area contributed by atoms with Crippen molar-refractivity contribution in [2.75, 3.05) is 26.3 Å². The quantitative estimate of drug-likeness (QED) is 0.864. The van der Waals surface area contributed by atoms with Crippen molar-refractivity contribution in [2.24, 2.45) is 5.41 Å². The van der Waals surface area contributed by atoms with E-state index in [1.165, 1.54) is 12.0 Å². The van der Waals surface area contributed by atoms with Crippen LogP contribution < -0.4 is 0 Å². The molecule has 6 nitrogen and oxygen atoms in total. The average Bonchev–Trinajstić information content (AvgIpc) is 3.46. The van der Waals surface area contributed by atoms with Crippen LogP contribution in [-0.4, -0.2) is 64.1 Å². The number of nitrogens with zero attached hydrogens (tertiary/aromatic N) is 3. The van der Waals surface area contributed by atoms with Gasteiger partial charge >= 0.3 is 0 Å². The van der Waals surface area contributed by atoms with Crippen LogP contribution >= 0.6 is 0 Å². The maximum absolute atomic E-state index is 13.9. The first kappa shape index (κ1) is 17.9. The lowest BCUT2D eigenvalue weighted by atomic mass is 9.69. The minimum absolute atomic E-state index is 0.276. The van der Waals surface area contributed by atoms with Gasteiger partial charge in [-0.2, -0.15) is 0 Å². The van der Waals surface area contributed by atoms with E-state index in [0.29, 0.717) is 38.3 Å². The van der Waals surface area contributed by atoms with E-state index in [4.69, 9.17) is 4.74 Å². The number of hydrogen-bond donors (Lipinski definition) is 1. The summed E-state index contributed by atoms with van der Waals surface area (Å²) in [5.41, 5.74) is 0.920. The molecule has 3 saturated heterocycles. The number of rotatable bonds is 5. The zero-order valence-electron chi connectivity index (χ0n) is 16.2. The van der Waals surface area contributed by atoms with Crippen molar-refractivity contribution < 1.29 is 9.53 Å². The Morgan fingerprint density at radius 1 is 1.21 bits per heavy atom. The molecule has 3 aliphatic rings. The average molecular weight is 380 g/mol. The van der Waals surface area contributed by atoms with Gasteiger partial charge in [0.05, 0.1) is 25.2 Å². The number of ether oxygens (including phenoxy) is 1. The van der Waals surface area contributed by atoms with E-state index in [1.807, 2.05) is 18.5 Å². The normalized spacial score (nSPS) is 30.1. The highest BCUT2D eigenvalue weighted by Crippen LogP contribution is 2.53. The van der Waals surface area contributed by atoms with E-state index in [2.05, 4.69) is 44.0 Å². The zero-order chi connectivity index (χ0) is 19.0. The molecule has 28 heavy (non-hydrogen) atoms. The lowest BCUT2D eigenvalue weighted by Gasteiger charge is -2.41. The lowest BCUT2D eigenvalue weighted by Crippen LogP contribution is -2.54. The van der Waals surface area contributed by atoms with E-state index in [-0.39, 0.29) is 11.5 Å². The first-order valence-corrected chi connectivity index (χ1v) is 10.4. The van der Waals surface area contributed by atoms with Crippen LogP contribution in [0.3, 0.4) is 0 Å². The van der Waals surface area contributed by atoms with Crippen molar-refractivity contribution >= 4 is 5.91 Å². The van der Waals surface area contributed by atoms with Crippen LogP contribution in [0.4, 0.5) is 0 Å². The molecule has 3 atom stereocenters. The predicted molar refractivity (Wildman–Crippen MR) is 106 cm³/mol. The standard InChI is InChI=1S/C22H28N4O2/c27-21(25-10-12-28-13-11-25)22(14-17-4-2-1-3-5-17)15-18-6-7-19(22)26(18)16-20-23-8-9-24-20/h1-5,8-9,18-19H,6-7,10-16H2,(H,23,24)/t18-,19+,22+/m0/s1. The first-order valence-electron chi connectivity index (χ1n) is 10.4.